The van der Waals surface area contributed by atoms with Crippen LogP contribution in [-0.4, -0.2) is 35.1 Å². The Balaban J connectivity index is 2.06. The van der Waals surface area contributed by atoms with E-state index in [9.17, 15) is 0 Å². The van der Waals surface area contributed by atoms with Gasteiger partial charge in [-0.2, -0.15) is 11.8 Å². The normalized spacial score (nSPS) is 16.6. The van der Waals surface area contributed by atoms with E-state index < -0.39 is 0 Å². The van der Waals surface area contributed by atoms with Gasteiger partial charge in [0.25, 0.3) is 0 Å². The van der Waals surface area contributed by atoms with Crippen LogP contribution in [-0.2, 0) is 0 Å². The summed E-state index contributed by atoms with van der Waals surface area (Å²) in [4.78, 5) is 8.73. The van der Waals surface area contributed by atoms with Crippen LogP contribution in [0.2, 0.25) is 0 Å². The summed E-state index contributed by atoms with van der Waals surface area (Å²) in [5, 5.41) is 6.70. The van der Waals surface area contributed by atoms with Crippen molar-refractivity contribution in [3.63, 3.8) is 0 Å². The van der Waals surface area contributed by atoms with Crippen LogP contribution in [0, 0.1) is 5.92 Å². The van der Waals surface area contributed by atoms with Gasteiger partial charge >= 0.3 is 0 Å². The van der Waals surface area contributed by atoms with E-state index >= 15 is 0 Å². The van der Waals surface area contributed by atoms with Crippen molar-refractivity contribution in [2.75, 3.05) is 35.7 Å². The van der Waals surface area contributed by atoms with E-state index in [-0.39, 0.29) is 0 Å². The van der Waals surface area contributed by atoms with Crippen molar-refractivity contribution in [1.29, 1.82) is 0 Å². The molecule has 1 saturated heterocycles. The summed E-state index contributed by atoms with van der Waals surface area (Å²) in [5.74, 6) is 5.73. The molecule has 1 fully saturated rings. The predicted molar refractivity (Wildman–Crippen MR) is 84.2 cm³/mol. The Labute approximate surface area is 120 Å². The Hall–Kier alpha value is -0.970. The van der Waals surface area contributed by atoms with Crippen molar-refractivity contribution in [3.8, 4) is 0 Å². The second-order valence-corrected chi connectivity index (χ2v) is 6.55. The van der Waals surface area contributed by atoms with Gasteiger partial charge in [-0.1, -0.05) is 13.8 Å². The molecule has 0 unspecified atom stereocenters. The monoisotopic (exact) mass is 280 g/mol. The smallest absolute Gasteiger partial charge is 0.134 e. The summed E-state index contributed by atoms with van der Waals surface area (Å²) in [6.45, 7) is 5.39. The number of hydrogen-bond donors (Lipinski definition) is 2. The molecule has 1 aliphatic heterocycles. The SMILES string of the molecule is CNc1ncnc(NCC2CCSCC2)c1C(C)C. The maximum absolute atomic E-state index is 4.43. The number of aromatic nitrogens is 2. The number of thioether (sulfide) groups is 1. The van der Waals surface area contributed by atoms with E-state index in [1.165, 1.54) is 29.9 Å². The van der Waals surface area contributed by atoms with Crippen molar-refractivity contribution in [2.24, 2.45) is 5.92 Å². The van der Waals surface area contributed by atoms with Gasteiger partial charge in [0.15, 0.2) is 0 Å². The van der Waals surface area contributed by atoms with Crippen molar-refractivity contribution < 1.29 is 0 Å². The molecule has 19 heavy (non-hydrogen) atoms. The minimum atomic E-state index is 0.410. The molecule has 0 amide bonds. The number of hydrogen-bond acceptors (Lipinski definition) is 5. The Morgan fingerprint density at radius 3 is 2.58 bits per heavy atom. The second kappa shape index (κ2) is 6.98. The zero-order valence-corrected chi connectivity index (χ0v) is 12.9. The van der Waals surface area contributed by atoms with Crippen molar-refractivity contribution >= 4 is 23.4 Å². The van der Waals surface area contributed by atoms with E-state index in [1.807, 2.05) is 7.05 Å². The van der Waals surface area contributed by atoms with Gasteiger partial charge in [-0.15, -0.1) is 0 Å². The third-order valence-electron chi connectivity index (χ3n) is 3.60. The Bertz CT molecular complexity index is 402. The number of nitrogens with one attached hydrogen (secondary N) is 2. The summed E-state index contributed by atoms with van der Waals surface area (Å²) in [7, 11) is 1.91. The van der Waals surface area contributed by atoms with E-state index in [0.29, 0.717) is 5.92 Å². The molecule has 4 nitrogen and oxygen atoms in total. The van der Waals surface area contributed by atoms with Crippen LogP contribution in [0.4, 0.5) is 11.6 Å². The molecule has 1 aliphatic rings. The summed E-state index contributed by atoms with van der Waals surface area (Å²) in [5.41, 5.74) is 1.19. The first-order chi connectivity index (χ1) is 9.22. The molecule has 0 radical (unpaired) electrons. The molecule has 0 aliphatic carbocycles. The fourth-order valence-corrected chi connectivity index (χ4v) is 3.68. The summed E-state index contributed by atoms with van der Waals surface area (Å²) in [6, 6.07) is 0. The minimum Gasteiger partial charge on any atom is -0.373 e. The maximum Gasteiger partial charge on any atom is 0.134 e. The fourth-order valence-electron chi connectivity index (χ4n) is 2.47. The van der Waals surface area contributed by atoms with E-state index in [0.717, 1.165) is 24.1 Å². The quantitative estimate of drug-likeness (QED) is 0.867. The van der Waals surface area contributed by atoms with Gasteiger partial charge in [0, 0.05) is 19.2 Å². The lowest BCUT2D eigenvalue weighted by atomic mass is 10.0. The van der Waals surface area contributed by atoms with Crippen LogP contribution < -0.4 is 10.6 Å². The topological polar surface area (TPSA) is 49.8 Å². The first-order valence-electron chi connectivity index (χ1n) is 7.06. The zero-order valence-electron chi connectivity index (χ0n) is 12.1. The molecule has 1 aromatic rings. The van der Waals surface area contributed by atoms with Gasteiger partial charge in [0.05, 0.1) is 0 Å². The molecule has 2 rings (SSSR count). The molecule has 5 heteroatoms. The first-order valence-corrected chi connectivity index (χ1v) is 8.22. The number of nitrogens with zero attached hydrogens (tertiary/aromatic N) is 2. The van der Waals surface area contributed by atoms with Crippen LogP contribution in [0.5, 0.6) is 0 Å². The van der Waals surface area contributed by atoms with Crippen LogP contribution in [0.25, 0.3) is 0 Å². The minimum absolute atomic E-state index is 0.410. The van der Waals surface area contributed by atoms with Crippen LogP contribution in [0.3, 0.4) is 0 Å². The molecular formula is C14H24N4S. The standard InChI is InChI=1S/C14H24N4S/c1-10(2)12-13(15-3)17-9-18-14(12)16-8-11-4-6-19-7-5-11/h9-11H,4-8H2,1-3H3,(H2,15,16,17,18). The van der Waals surface area contributed by atoms with Crippen LogP contribution in [0.1, 0.15) is 38.2 Å². The lowest BCUT2D eigenvalue weighted by molar-refractivity contribution is 0.515. The molecule has 0 aromatic carbocycles. The summed E-state index contributed by atoms with van der Waals surface area (Å²) < 4.78 is 0. The Morgan fingerprint density at radius 2 is 1.95 bits per heavy atom. The molecule has 2 heterocycles. The highest BCUT2D eigenvalue weighted by Gasteiger charge is 2.17. The average Bonchev–Trinajstić information content (AvgIpc) is 2.45. The molecule has 1 aromatic heterocycles. The number of anilines is 2. The molecule has 0 spiro atoms. The third-order valence-corrected chi connectivity index (χ3v) is 4.65. The van der Waals surface area contributed by atoms with Gasteiger partial charge in [-0.05, 0) is 36.2 Å². The lowest BCUT2D eigenvalue weighted by Gasteiger charge is -2.23. The number of rotatable bonds is 5. The van der Waals surface area contributed by atoms with Crippen LogP contribution >= 0.6 is 11.8 Å². The second-order valence-electron chi connectivity index (χ2n) is 5.33. The molecular weight excluding hydrogens is 256 g/mol. The van der Waals surface area contributed by atoms with Gasteiger partial charge in [-0.3, -0.25) is 0 Å². The molecule has 106 valence electrons. The van der Waals surface area contributed by atoms with Gasteiger partial charge in [0.2, 0.25) is 0 Å². The van der Waals surface area contributed by atoms with Gasteiger partial charge in [-0.25, -0.2) is 9.97 Å². The van der Waals surface area contributed by atoms with E-state index in [2.05, 4.69) is 46.2 Å². The Morgan fingerprint density at radius 1 is 1.26 bits per heavy atom. The predicted octanol–water partition coefficient (Wildman–Crippen LogP) is 3.20. The largest absolute Gasteiger partial charge is 0.373 e. The highest BCUT2D eigenvalue weighted by Crippen LogP contribution is 2.29. The van der Waals surface area contributed by atoms with Crippen molar-refractivity contribution in [2.45, 2.75) is 32.6 Å². The fraction of sp³-hybridized carbons (Fsp3) is 0.714. The first kappa shape index (κ1) is 14.4. The van der Waals surface area contributed by atoms with Crippen LogP contribution in [0.15, 0.2) is 6.33 Å². The molecule has 2 N–H and O–H groups in total. The van der Waals surface area contributed by atoms with E-state index in [1.54, 1.807) is 6.33 Å². The molecule has 0 bridgehead atoms. The molecule has 0 saturated carbocycles. The van der Waals surface area contributed by atoms with E-state index in [4.69, 9.17) is 0 Å². The van der Waals surface area contributed by atoms with Gasteiger partial charge in [0.1, 0.15) is 18.0 Å². The zero-order chi connectivity index (χ0) is 13.7. The maximum atomic E-state index is 4.43. The van der Waals surface area contributed by atoms with Gasteiger partial charge < -0.3 is 10.6 Å². The average molecular weight is 280 g/mol. The highest BCUT2D eigenvalue weighted by molar-refractivity contribution is 7.99. The van der Waals surface area contributed by atoms with Crippen molar-refractivity contribution in [3.05, 3.63) is 11.9 Å². The third kappa shape index (κ3) is 3.75. The molecule has 0 atom stereocenters. The highest BCUT2D eigenvalue weighted by atomic mass is 32.2. The lowest BCUT2D eigenvalue weighted by Crippen LogP contribution is -2.20. The Kier molecular flexibility index (Phi) is 5.31. The van der Waals surface area contributed by atoms with Crippen molar-refractivity contribution in [1.82, 2.24) is 9.97 Å². The summed E-state index contributed by atoms with van der Waals surface area (Å²) in [6.07, 6.45) is 4.27. The summed E-state index contributed by atoms with van der Waals surface area (Å²) >= 11 is 2.07.